The molecule has 1 fully saturated rings. The Morgan fingerprint density at radius 2 is 2.20 bits per heavy atom. The third kappa shape index (κ3) is 3.14. The van der Waals surface area contributed by atoms with Crippen molar-refractivity contribution in [2.75, 3.05) is 13.1 Å². The molecule has 3 nitrogen and oxygen atoms in total. The maximum Gasteiger partial charge on any atom is 0.183 e. The highest BCUT2D eigenvalue weighted by molar-refractivity contribution is 7.13. The van der Waals surface area contributed by atoms with Crippen molar-refractivity contribution >= 4 is 22.9 Å². The molecule has 0 amide bonds. The number of thiazole rings is 1. The SMILES string of the molecule is C[C@@H]1CN(Cc2csc(Cl)n2)C[C@H](C)O1. The smallest absolute Gasteiger partial charge is 0.183 e. The molecule has 0 bridgehead atoms. The fourth-order valence-electron chi connectivity index (χ4n) is 2.00. The standard InChI is InChI=1S/C10H15ClN2OS/c1-7-3-13(4-8(2)14-7)5-9-6-15-10(11)12-9/h6-8H,3-5H2,1-2H3/t7-,8+. The summed E-state index contributed by atoms with van der Waals surface area (Å²) in [6, 6.07) is 0. The van der Waals surface area contributed by atoms with Crippen molar-refractivity contribution in [2.45, 2.75) is 32.6 Å². The summed E-state index contributed by atoms with van der Waals surface area (Å²) in [5.41, 5.74) is 1.06. The maximum absolute atomic E-state index is 5.80. The average molecular weight is 247 g/mol. The summed E-state index contributed by atoms with van der Waals surface area (Å²) in [4.78, 5) is 6.62. The first-order valence-electron chi connectivity index (χ1n) is 5.11. The third-order valence-electron chi connectivity index (χ3n) is 2.40. The largest absolute Gasteiger partial charge is 0.373 e. The van der Waals surface area contributed by atoms with Crippen LogP contribution in [-0.2, 0) is 11.3 Å². The molecule has 0 radical (unpaired) electrons. The summed E-state index contributed by atoms with van der Waals surface area (Å²) >= 11 is 7.29. The first-order valence-corrected chi connectivity index (χ1v) is 6.37. The number of halogens is 1. The molecule has 0 unspecified atom stereocenters. The van der Waals surface area contributed by atoms with Crippen molar-refractivity contribution < 1.29 is 4.74 Å². The number of ether oxygens (including phenoxy) is 1. The number of hydrogen-bond donors (Lipinski definition) is 0. The summed E-state index contributed by atoms with van der Waals surface area (Å²) in [5.74, 6) is 0. The quantitative estimate of drug-likeness (QED) is 0.801. The Bertz CT molecular complexity index is 321. The Labute approximate surface area is 99.0 Å². The van der Waals surface area contributed by atoms with Crippen LogP contribution < -0.4 is 0 Å². The van der Waals surface area contributed by atoms with Crippen LogP contribution in [0.15, 0.2) is 5.38 Å². The molecule has 0 spiro atoms. The zero-order valence-corrected chi connectivity index (χ0v) is 10.5. The average Bonchev–Trinajstić information content (AvgIpc) is 2.49. The Hall–Kier alpha value is -0.160. The molecule has 1 aliphatic rings. The van der Waals surface area contributed by atoms with E-state index in [1.165, 1.54) is 11.3 Å². The summed E-state index contributed by atoms with van der Waals surface area (Å²) < 4.78 is 6.30. The van der Waals surface area contributed by atoms with E-state index in [-0.39, 0.29) is 0 Å². The molecule has 5 heteroatoms. The van der Waals surface area contributed by atoms with Gasteiger partial charge in [0.05, 0.1) is 17.9 Å². The fraction of sp³-hybridized carbons (Fsp3) is 0.700. The molecule has 2 rings (SSSR count). The van der Waals surface area contributed by atoms with Gasteiger partial charge in [0.15, 0.2) is 4.47 Å². The van der Waals surface area contributed by atoms with E-state index in [0.717, 1.165) is 25.3 Å². The normalized spacial score (nSPS) is 28.2. The van der Waals surface area contributed by atoms with Crippen LogP contribution in [0.2, 0.25) is 4.47 Å². The predicted molar refractivity (Wildman–Crippen MR) is 62.4 cm³/mol. The molecule has 84 valence electrons. The van der Waals surface area contributed by atoms with Gasteiger partial charge in [-0.25, -0.2) is 4.98 Å². The minimum Gasteiger partial charge on any atom is -0.373 e. The highest BCUT2D eigenvalue weighted by Crippen LogP contribution is 2.18. The van der Waals surface area contributed by atoms with Gasteiger partial charge in [0.1, 0.15) is 0 Å². The second-order valence-corrected chi connectivity index (χ2v) is 5.48. The van der Waals surface area contributed by atoms with E-state index in [1.807, 2.05) is 5.38 Å². The lowest BCUT2D eigenvalue weighted by molar-refractivity contribution is -0.0707. The summed E-state index contributed by atoms with van der Waals surface area (Å²) in [6.07, 6.45) is 0.616. The molecular formula is C10H15ClN2OS. The van der Waals surface area contributed by atoms with E-state index < -0.39 is 0 Å². The van der Waals surface area contributed by atoms with E-state index in [1.54, 1.807) is 0 Å². The van der Waals surface area contributed by atoms with E-state index in [4.69, 9.17) is 16.3 Å². The summed E-state index contributed by atoms with van der Waals surface area (Å²) in [7, 11) is 0. The minimum absolute atomic E-state index is 0.308. The van der Waals surface area contributed by atoms with Crippen molar-refractivity contribution in [3.05, 3.63) is 15.5 Å². The molecule has 1 aromatic heterocycles. The van der Waals surface area contributed by atoms with Crippen molar-refractivity contribution in [1.29, 1.82) is 0 Å². The zero-order valence-electron chi connectivity index (χ0n) is 8.94. The van der Waals surface area contributed by atoms with Crippen LogP contribution in [0.4, 0.5) is 0 Å². The highest BCUT2D eigenvalue weighted by Gasteiger charge is 2.22. The maximum atomic E-state index is 5.80. The van der Waals surface area contributed by atoms with Gasteiger partial charge in [-0.3, -0.25) is 4.90 Å². The Kier molecular flexibility index (Phi) is 3.61. The van der Waals surface area contributed by atoms with Gasteiger partial charge in [0.2, 0.25) is 0 Å². The van der Waals surface area contributed by atoms with E-state index in [2.05, 4.69) is 23.7 Å². The van der Waals surface area contributed by atoms with Gasteiger partial charge < -0.3 is 4.74 Å². The van der Waals surface area contributed by atoms with Gasteiger partial charge >= 0.3 is 0 Å². The number of morpholine rings is 1. The predicted octanol–water partition coefficient (Wildman–Crippen LogP) is 2.41. The lowest BCUT2D eigenvalue weighted by Crippen LogP contribution is -2.44. The molecule has 0 N–H and O–H groups in total. The number of rotatable bonds is 2. The Morgan fingerprint density at radius 3 is 2.73 bits per heavy atom. The van der Waals surface area contributed by atoms with Crippen molar-refractivity contribution in [1.82, 2.24) is 9.88 Å². The summed E-state index contributed by atoms with van der Waals surface area (Å²) in [5, 5.41) is 2.02. The zero-order chi connectivity index (χ0) is 10.8. The molecule has 1 aromatic rings. The lowest BCUT2D eigenvalue weighted by atomic mass is 10.2. The van der Waals surface area contributed by atoms with Crippen LogP contribution in [0, 0.1) is 0 Å². The van der Waals surface area contributed by atoms with Gasteiger partial charge in [0.25, 0.3) is 0 Å². The van der Waals surface area contributed by atoms with Gasteiger partial charge in [-0.2, -0.15) is 0 Å². The molecule has 0 saturated carbocycles. The second kappa shape index (κ2) is 4.78. The number of hydrogen-bond acceptors (Lipinski definition) is 4. The first kappa shape index (κ1) is 11.3. The molecule has 2 heterocycles. The molecule has 1 aliphatic heterocycles. The fourth-order valence-corrected chi connectivity index (χ4v) is 2.77. The van der Waals surface area contributed by atoms with E-state index >= 15 is 0 Å². The second-order valence-electron chi connectivity index (χ2n) is 4.04. The lowest BCUT2D eigenvalue weighted by Gasteiger charge is -2.34. The molecule has 0 aromatic carbocycles. The summed E-state index contributed by atoms with van der Waals surface area (Å²) in [6.45, 7) is 7.04. The van der Waals surface area contributed by atoms with Crippen molar-refractivity contribution in [3.8, 4) is 0 Å². The molecule has 0 aliphatic carbocycles. The minimum atomic E-state index is 0.308. The third-order valence-corrected chi connectivity index (χ3v) is 3.43. The van der Waals surface area contributed by atoms with Crippen molar-refractivity contribution in [2.24, 2.45) is 0 Å². The van der Waals surface area contributed by atoms with Crippen molar-refractivity contribution in [3.63, 3.8) is 0 Å². The molecule has 1 saturated heterocycles. The molecule has 2 atom stereocenters. The Morgan fingerprint density at radius 1 is 1.53 bits per heavy atom. The van der Waals surface area contributed by atoms with E-state index in [9.17, 15) is 0 Å². The first-order chi connectivity index (χ1) is 7.13. The number of nitrogens with zero attached hydrogens (tertiary/aromatic N) is 2. The van der Waals surface area contributed by atoms with Crippen LogP contribution in [-0.4, -0.2) is 35.2 Å². The number of aromatic nitrogens is 1. The Balaban J connectivity index is 1.94. The topological polar surface area (TPSA) is 25.4 Å². The van der Waals surface area contributed by atoms with Crippen LogP contribution >= 0.6 is 22.9 Å². The van der Waals surface area contributed by atoms with Gasteiger partial charge in [-0.1, -0.05) is 11.6 Å². The highest BCUT2D eigenvalue weighted by atomic mass is 35.5. The van der Waals surface area contributed by atoms with Crippen LogP contribution in [0.5, 0.6) is 0 Å². The van der Waals surface area contributed by atoms with Crippen LogP contribution in [0.25, 0.3) is 0 Å². The van der Waals surface area contributed by atoms with Crippen LogP contribution in [0.3, 0.4) is 0 Å². The van der Waals surface area contributed by atoms with Gasteiger partial charge in [-0.15, -0.1) is 11.3 Å². The van der Waals surface area contributed by atoms with Gasteiger partial charge in [0, 0.05) is 25.0 Å². The molecule has 15 heavy (non-hydrogen) atoms. The monoisotopic (exact) mass is 246 g/mol. The van der Waals surface area contributed by atoms with Gasteiger partial charge in [-0.05, 0) is 13.8 Å². The molecular weight excluding hydrogens is 232 g/mol. The van der Waals surface area contributed by atoms with E-state index in [0.29, 0.717) is 16.7 Å². The van der Waals surface area contributed by atoms with Crippen LogP contribution in [0.1, 0.15) is 19.5 Å².